The van der Waals surface area contributed by atoms with Crippen molar-refractivity contribution in [3.05, 3.63) is 36.8 Å². The van der Waals surface area contributed by atoms with E-state index in [1.165, 1.54) is 6.20 Å². The number of hydroxylamine groups is 1. The molecule has 2 heterocycles. The molecule has 0 aliphatic heterocycles. The molecule has 0 aromatic carbocycles. The summed E-state index contributed by atoms with van der Waals surface area (Å²) in [7, 11) is 0. The summed E-state index contributed by atoms with van der Waals surface area (Å²) < 4.78 is 1.58. The molecule has 0 saturated carbocycles. The van der Waals surface area contributed by atoms with Crippen molar-refractivity contribution in [2.24, 2.45) is 0 Å². The van der Waals surface area contributed by atoms with Crippen LogP contribution in [0.1, 0.15) is 0 Å². The molecule has 2 aromatic heterocycles. The minimum atomic E-state index is 0.296. The molecule has 15 heavy (non-hydrogen) atoms. The number of amides is 1. The van der Waals surface area contributed by atoms with Gasteiger partial charge in [-0.25, -0.2) is 9.67 Å². The van der Waals surface area contributed by atoms with E-state index < -0.39 is 0 Å². The molecule has 1 N–H and O–H groups in total. The van der Waals surface area contributed by atoms with E-state index in [1.807, 2.05) is 0 Å². The Morgan fingerprint density at radius 3 is 2.87 bits per heavy atom. The highest BCUT2D eigenvalue weighted by Crippen LogP contribution is 2.11. The Hall–Kier alpha value is -2.21. The number of anilines is 1. The highest BCUT2D eigenvalue weighted by atomic mass is 16.5. The lowest BCUT2D eigenvalue weighted by Crippen LogP contribution is -2.15. The van der Waals surface area contributed by atoms with Crippen LogP contribution in [0.2, 0.25) is 0 Å². The van der Waals surface area contributed by atoms with E-state index in [4.69, 9.17) is 5.21 Å². The van der Waals surface area contributed by atoms with Crippen molar-refractivity contribution < 1.29 is 10.0 Å². The SMILES string of the molecule is O=CN(O)c1ccc(-n2cccn2)nc1. The van der Waals surface area contributed by atoms with E-state index in [9.17, 15) is 4.79 Å². The van der Waals surface area contributed by atoms with Crippen LogP contribution in [0.3, 0.4) is 0 Å². The smallest absolute Gasteiger partial charge is 0.237 e. The fourth-order valence-electron chi connectivity index (χ4n) is 1.11. The van der Waals surface area contributed by atoms with Gasteiger partial charge >= 0.3 is 0 Å². The average molecular weight is 204 g/mol. The van der Waals surface area contributed by atoms with Crippen molar-refractivity contribution in [3.8, 4) is 5.82 Å². The van der Waals surface area contributed by atoms with Crippen LogP contribution in [0.4, 0.5) is 5.69 Å². The first-order valence-electron chi connectivity index (χ1n) is 4.21. The van der Waals surface area contributed by atoms with Gasteiger partial charge in [-0.1, -0.05) is 0 Å². The molecule has 0 saturated heterocycles. The molecule has 0 aliphatic rings. The number of rotatable bonds is 3. The van der Waals surface area contributed by atoms with Gasteiger partial charge in [-0.05, 0) is 18.2 Å². The lowest BCUT2D eigenvalue weighted by atomic mass is 10.4. The second-order valence-electron chi connectivity index (χ2n) is 2.78. The predicted molar refractivity (Wildman–Crippen MR) is 51.7 cm³/mol. The maximum atomic E-state index is 10.2. The molecule has 0 unspecified atom stereocenters. The first-order chi connectivity index (χ1) is 7.31. The number of aromatic nitrogens is 3. The lowest BCUT2D eigenvalue weighted by molar-refractivity contribution is -0.111. The van der Waals surface area contributed by atoms with Crippen LogP contribution in [0.5, 0.6) is 0 Å². The number of pyridine rings is 1. The van der Waals surface area contributed by atoms with Gasteiger partial charge in [0.15, 0.2) is 5.82 Å². The summed E-state index contributed by atoms with van der Waals surface area (Å²) in [5.41, 5.74) is 0.306. The molecule has 0 radical (unpaired) electrons. The van der Waals surface area contributed by atoms with Crippen LogP contribution in [-0.4, -0.2) is 26.4 Å². The number of hydrogen-bond acceptors (Lipinski definition) is 4. The Morgan fingerprint density at radius 2 is 2.33 bits per heavy atom. The van der Waals surface area contributed by atoms with Gasteiger partial charge in [-0.3, -0.25) is 10.0 Å². The third-order valence-corrected chi connectivity index (χ3v) is 1.84. The monoisotopic (exact) mass is 204 g/mol. The zero-order chi connectivity index (χ0) is 10.7. The van der Waals surface area contributed by atoms with E-state index in [2.05, 4.69) is 10.1 Å². The molecule has 2 aromatic rings. The van der Waals surface area contributed by atoms with E-state index >= 15 is 0 Å². The number of carbonyl (C=O) groups excluding carboxylic acids is 1. The quantitative estimate of drug-likeness (QED) is 0.452. The van der Waals surface area contributed by atoms with Crippen LogP contribution < -0.4 is 5.06 Å². The summed E-state index contributed by atoms with van der Waals surface area (Å²) >= 11 is 0. The van der Waals surface area contributed by atoms with Crippen LogP contribution in [0, 0.1) is 0 Å². The Morgan fingerprint density at radius 1 is 1.47 bits per heavy atom. The van der Waals surface area contributed by atoms with Gasteiger partial charge in [0.25, 0.3) is 0 Å². The van der Waals surface area contributed by atoms with Gasteiger partial charge in [-0.2, -0.15) is 10.2 Å². The minimum Gasteiger partial charge on any atom is -0.281 e. The highest BCUT2D eigenvalue weighted by molar-refractivity contribution is 5.71. The fourth-order valence-corrected chi connectivity index (χ4v) is 1.11. The molecule has 6 nitrogen and oxygen atoms in total. The van der Waals surface area contributed by atoms with E-state index in [0.717, 1.165) is 0 Å². The Bertz CT molecular complexity index is 438. The van der Waals surface area contributed by atoms with E-state index in [0.29, 0.717) is 23.0 Å². The molecule has 6 heteroatoms. The van der Waals surface area contributed by atoms with Crippen LogP contribution in [0.15, 0.2) is 36.8 Å². The van der Waals surface area contributed by atoms with Crippen LogP contribution in [0.25, 0.3) is 5.82 Å². The number of hydrogen-bond donors (Lipinski definition) is 1. The van der Waals surface area contributed by atoms with Gasteiger partial charge in [0, 0.05) is 12.4 Å². The number of nitrogens with zero attached hydrogens (tertiary/aromatic N) is 4. The Balaban J connectivity index is 2.28. The van der Waals surface area contributed by atoms with E-state index in [-0.39, 0.29) is 0 Å². The highest BCUT2D eigenvalue weighted by Gasteiger charge is 2.02. The molecule has 0 bridgehead atoms. The molecule has 0 spiro atoms. The summed E-state index contributed by atoms with van der Waals surface area (Å²) in [5.74, 6) is 0.614. The summed E-state index contributed by atoms with van der Waals surface area (Å²) in [4.78, 5) is 14.3. The van der Waals surface area contributed by atoms with Crippen molar-refractivity contribution in [2.75, 3.05) is 5.06 Å². The Labute approximate surface area is 85.3 Å². The van der Waals surface area contributed by atoms with Crippen molar-refractivity contribution in [3.63, 3.8) is 0 Å². The van der Waals surface area contributed by atoms with Gasteiger partial charge in [-0.15, -0.1) is 0 Å². The second-order valence-corrected chi connectivity index (χ2v) is 2.78. The summed E-state index contributed by atoms with van der Waals surface area (Å²) in [6, 6.07) is 4.99. The largest absolute Gasteiger partial charge is 0.281 e. The molecule has 76 valence electrons. The van der Waals surface area contributed by atoms with Crippen LogP contribution in [-0.2, 0) is 4.79 Å². The van der Waals surface area contributed by atoms with Crippen molar-refractivity contribution in [1.82, 2.24) is 14.8 Å². The molecule has 0 atom stereocenters. The normalized spacial score (nSPS) is 9.93. The van der Waals surface area contributed by atoms with Crippen molar-refractivity contribution in [1.29, 1.82) is 0 Å². The van der Waals surface area contributed by atoms with Gasteiger partial charge in [0.1, 0.15) is 0 Å². The van der Waals surface area contributed by atoms with Gasteiger partial charge in [0.05, 0.1) is 11.9 Å². The first kappa shape index (κ1) is 9.35. The lowest BCUT2D eigenvalue weighted by Gasteiger charge is -2.07. The second kappa shape index (κ2) is 3.89. The van der Waals surface area contributed by atoms with Crippen molar-refractivity contribution >= 4 is 12.1 Å². The number of carbonyl (C=O) groups is 1. The molecule has 1 amide bonds. The van der Waals surface area contributed by atoms with Crippen LogP contribution >= 0.6 is 0 Å². The molecule has 0 aliphatic carbocycles. The summed E-state index contributed by atoms with van der Waals surface area (Å²) in [5, 5.41) is 13.5. The standard InChI is InChI=1S/C9H8N4O2/c14-7-13(15)8-2-3-9(10-6-8)12-5-1-4-11-12/h1-7,15H. The first-order valence-corrected chi connectivity index (χ1v) is 4.21. The molecular formula is C9H8N4O2. The topological polar surface area (TPSA) is 71.2 Å². The van der Waals surface area contributed by atoms with E-state index in [1.54, 1.807) is 35.3 Å². The fraction of sp³-hybridized carbons (Fsp3) is 0. The maximum Gasteiger partial charge on any atom is 0.237 e. The third kappa shape index (κ3) is 1.84. The Kier molecular flexibility index (Phi) is 2.42. The predicted octanol–water partition coefficient (Wildman–Crippen LogP) is 0.619. The molecule has 2 rings (SSSR count). The average Bonchev–Trinajstić information content (AvgIpc) is 2.82. The minimum absolute atomic E-state index is 0.296. The van der Waals surface area contributed by atoms with Crippen molar-refractivity contribution in [2.45, 2.75) is 0 Å². The molecule has 0 fully saturated rings. The third-order valence-electron chi connectivity index (χ3n) is 1.84. The van der Waals surface area contributed by atoms with Gasteiger partial charge in [0.2, 0.25) is 6.41 Å². The van der Waals surface area contributed by atoms with Gasteiger partial charge < -0.3 is 0 Å². The maximum absolute atomic E-state index is 10.2. The summed E-state index contributed by atoms with van der Waals surface area (Å²) in [6.07, 6.45) is 5.06. The molecular weight excluding hydrogens is 196 g/mol. The zero-order valence-electron chi connectivity index (χ0n) is 7.69. The summed E-state index contributed by atoms with van der Waals surface area (Å²) in [6.45, 7) is 0. The zero-order valence-corrected chi connectivity index (χ0v) is 7.69.